The molecule has 0 amide bonds. The van der Waals surface area contributed by atoms with E-state index in [2.05, 4.69) is 49.1 Å². The number of hydrogen-bond acceptors (Lipinski definition) is 4. The van der Waals surface area contributed by atoms with Gasteiger partial charge in [-0.2, -0.15) is 0 Å². The molecule has 0 aliphatic carbocycles. The van der Waals surface area contributed by atoms with Crippen LogP contribution in [0.4, 0.5) is 0 Å². The van der Waals surface area contributed by atoms with Crippen molar-refractivity contribution in [3.8, 4) is 0 Å². The summed E-state index contributed by atoms with van der Waals surface area (Å²) in [4.78, 5) is 11.1. The van der Waals surface area contributed by atoms with Gasteiger partial charge < -0.3 is 19.5 Å². The summed E-state index contributed by atoms with van der Waals surface area (Å²) in [6.45, 7) is 2.44. The van der Waals surface area contributed by atoms with Gasteiger partial charge in [-0.1, -0.05) is 6.07 Å². The molecule has 3 atom stereocenters. The van der Waals surface area contributed by atoms with Gasteiger partial charge >= 0.3 is 0 Å². The Bertz CT molecular complexity index is 987. The summed E-state index contributed by atoms with van der Waals surface area (Å²) in [5, 5.41) is 4.28. The highest BCUT2D eigenvalue weighted by Gasteiger charge is 2.41. The maximum absolute atomic E-state index is 5.90. The fraction of sp³-hybridized carbons (Fsp3) is 0.348. The third-order valence-electron chi connectivity index (χ3n) is 5.89. The van der Waals surface area contributed by atoms with Crippen LogP contribution in [0.2, 0.25) is 0 Å². The molecule has 30 heavy (non-hydrogen) atoms. The fourth-order valence-corrected chi connectivity index (χ4v) is 4.76. The molecule has 2 fully saturated rings. The van der Waals surface area contributed by atoms with Gasteiger partial charge in [-0.25, -0.2) is 0 Å². The van der Waals surface area contributed by atoms with Crippen molar-refractivity contribution in [2.45, 2.75) is 44.1 Å². The molecule has 0 aromatic carbocycles. The highest BCUT2D eigenvalue weighted by Crippen LogP contribution is 2.39. The van der Waals surface area contributed by atoms with Crippen LogP contribution in [0, 0.1) is 0 Å². The van der Waals surface area contributed by atoms with Crippen molar-refractivity contribution < 1.29 is 4.74 Å². The van der Waals surface area contributed by atoms with Crippen LogP contribution in [-0.4, -0.2) is 37.3 Å². The normalized spacial score (nSPS) is 23.7. The smallest absolute Gasteiger partial charge is 0.170 e. The third kappa shape index (κ3) is 3.82. The number of ether oxygens (including phenoxy) is 1. The van der Waals surface area contributed by atoms with Crippen LogP contribution in [-0.2, 0) is 17.8 Å². The van der Waals surface area contributed by atoms with Gasteiger partial charge in [0.25, 0.3) is 0 Å². The van der Waals surface area contributed by atoms with E-state index < -0.39 is 0 Å². The van der Waals surface area contributed by atoms with Crippen LogP contribution in [0.1, 0.15) is 41.9 Å². The lowest BCUT2D eigenvalue weighted by Gasteiger charge is -2.29. The Morgan fingerprint density at radius 1 is 1.10 bits per heavy atom. The first-order chi connectivity index (χ1) is 14.8. The van der Waals surface area contributed by atoms with E-state index in [9.17, 15) is 0 Å². The fourth-order valence-electron chi connectivity index (χ4n) is 4.45. The minimum absolute atomic E-state index is 0.0151. The second-order valence-electron chi connectivity index (χ2n) is 7.83. The van der Waals surface area contributed by atoms with E-state index in [1.165, 1.54) is 11.3 Å². The number of aromatic nitrogens is 3. The van der Waals surface area contributed by atoms with Crippen molar-refractivity contribution in [3.63, 3.8) is 0 Å². The van der Waals surface area contributed by atoms with Gasteiger partial charge in [0, 0.05) is 50.2 Å². The second-order valence-corrected chi connectivity index (χ2v) is 8.22. The zero-order chi connectivity index (χ0) is 20.3. The van der Waals surface area contributed by atoms with Crippen LogP contribution in [0.5, 0.6) is 0 Å². The van der Waals surface area contributed by atoms with Crippen LogP contribution in [0.15, 0.2) is 67.3 Å². The molecular weight excluding hydrogens is 394 g/mol. The molecule has 3 aromatic heterocycles. The standard InChI is InChI=1S/C23H25N5OS/c30-23-26-21(19-6-1-2-10-25-19)22(28(23)15-17-8-11-24-12-9-17)20-7-3-13-27(20)16-18-5-4-14-29-18/h1-3,6-13,18,21-22H,4-5,14-16H2,(H,26,30). The number of hydrogen-bond donors (Lipinski definition) is 1. The molecule has 5 heterocycles. The van der Waals surface area contributed by atoms with Crippen molar-refractivity contribution >= 4 is 17.3 Å². The Balaban J connectivity index is 1.51. The summed E-state index contributed by atoms with van der Waals surface area (Å²) < 4.78 is 8.23. The summed E-state index contributed by atoms with van der Waals surface area (Å²) in [7, 11) is 0. The molecule has 5 rings (SSSR count). The van der Waals surface area contributed by atoms with E-state index in [4.69, 9.17) is 17.0 Å². The van der Waals surface area contributed by atoms with Gasteiger partial charge in [-0.15, -0.1) is 0 Å². The molecular formula is C23H25N5OS. The van der Waals surface area contributed by atoms with E-state index >= 15 is 0 Å². The number of pyridine rings is 2. The minimum Gasteiger partial charge on any atom is -0.376 e. The van der Waals surface area contributed by atoms with Crippen molar-refractivity contribution in [3.05, 3.63) is 84.2 Å². The van der Waals surface area contributed by atoms with E-state index in [0.29, 0.717) is 6.54 Å². The van der Waals surface area contributed by atoms with Crippen LogP contribution in [0.25, 0.3) is 0 Å². The molecule has 1 N–H and O–H groups in total. The molecule has 2 aliphatic rings. The Labute approximate surface area is 181 Å². The molecule has 0 spiro atoms. The highest BCUT2D eigenvalue weighted by molar-refractivity contribution is 7.80. The van der Waals surface area contributed by atoms with Crippen LogP contribution in [0.3, 0.4) is 0 Å². The van der Waals surface area contributed by atoms with Crippen LogP contribution < -0.4 is 5.32 Å². The van der Waals surface area contributed by atoms with Gasteiger partial charge in [0.05, 0.1) is 23.9 Å². The van der Waals surface area contributed by atoms with Crippen molar-refractivity contribution in [1.82, 2.24) is 24.8 Å². The zero-order valence-electron chi connectivity index (χ0n) is 16.7. The lowest BCUT2D eigenvalue weighted by Crippen LogP contribution is -2.30. The summed E-state index contributed by atoms with van der Waals surface area (Å²) in [5.41, 5.74) is 3.40. The average Bonchev–Trinajstić information content (AvgIpc) is 3.52. The Kier molecular flexibility index (Phi) is 5.46. The first kappa shape index (κ1) is 19.2. The Morgan fingerprint density at radius 3 is 2.77 bits per heavy atom. The van der Waals surface area contributed by atoms with Gasteiger partial charge in [0.15, 0.2) is 5.11 Å². The van der Waals surface area contributed by atoms with Gasteiger partial charge in [0.1, 0.15) is 0 Å². The van der Waals surface area contributed by atoms with Crippen LogP contribution >= 0.6 is 12.2 Å². The zero-order valence-corrected chi connectivity index (χ0v) is 17.5. The predicted molar refractivity (Wildman–Crippen MR) is 119 cm³/mol. The molecule has 3 unspecified atom stereocenters. The van der Waals surface area contributed by atoms with Gasteiger partial charge in [-0.3, -0.25) is 9.97 Å². The monoisotopic (exact) mass is 419 g/mol. The Hall–Kier alpha value is -2.77. The molecule has 2 saturated heterocycles. The number of rotatable bonds is 6. The molecule has 2 aliphatic heterocycles. The molecule has 0 saturated carbocycles. The molecule has 3 aromatic rings. The second kappa shape index (κ2) is 8.53. The summed E-state index contributed by atoms with van der Waals surface area (Å²) in [6, 6.07) is 14.5. The first-order valence-corrected chi connectivity index (χ1v) is 10.8. The van der Waals surface area contributed by atoms with Crippen molar-refractivity contribution in [2.24, 2.45) is 0 Å². The maximum atomic E-state index is 5.90. The van der Waals surface area contributed by atoms with E-state index in [1.54, 1.807) is 0 Å². The van der Waals surface area contributed by atoms with Crippen molar-refractivity contribution in [1.29, 1.82) is 0 Å². The highest BCUT2D eigenvalue weighted by atomic mass is 32.1. The maximum Gasteiger partial charge on any atom is 0.170 e. The average molecular weight is 420 g/mol. The molecule has 7 heteroatoms. The SMILES string of the molecule is S=C1NC(c2ccccn2)C(c2cccn2CC2CCCO2)N1Cc1ccncc1. The van der Waals surface area contributed by atoms with Crippen molar-refractivity contribution in [2.75, 3.05) is 6.61 Å². The lowest BCUT2D eigenvalue weighted by molar-refractivity contribution is 0.0953. The summed E-state index contributed by atoms with van der Waals surface area (Å²) in [5.74, 6) is 0. The van der Waals surface area contributed by atoms with E-state index in [1.807, 2.05) is 42.9 Å². The molecule has 0 bridgehead atoms. The molecule has 154 valence electrons. The minimum atomic E-state index is -0.0151. The number of thiocarbonyl (C=S) groups is 1. The van der Waals surface area contributed by atoms with Gasteiger partial charge in [0.2, 0.25) is 0 Å². The lowest BCUT2D eigenvalue weighted by atomic mass is 10.0. The number of nitrogens with one attached hydrogen (secondary N) is 1. The first-order valence-electron chi connectivity index (χ1n) is 10.4. The molecule has 6 nitrogen and oxygen atoms in total. The van der Waals surface area contributed by atoms with E-state index in [0.717, 1.165) is 36.8 Å². The predicted octanol–water partition coefficient (Wildman–Crippen LogP) is 3.63. The summed E-state index contributed by atoms with van der Waals surface area (Å²) in [6.07, 6.45) is 10.2. The Morgan fingerprint density at radius 2 is 2.00 bits per heavy atom. The largest absolute Gasteiger partial charge is 0.376 e. The van der Waals surface area contributed by atoms with Gasteiger partial charge in [-0.05, 0) is 67.0 Å². The molecule has 0 radical (unpaired) electrons. The number of nitrogens with zero attached hydrogens (tertiary/aromatic N) is 4. The quantitative estimate of drug-likeness (QED) is 0.616. The van der Waals surface area contributed by atoms with E-state index in [-0.39, 0.29) is 18.2 Å². The topological polar surface area (TPSA) is 55.2 Å². The summed E-state index contributed by atoms with van der Waals surface area (Å²) >= 11 is 5.79. The third-order valence-corrected chi connectivity index (χ3v) is 6.24.